The van der Waals surface area contributed by atoms with Gasteiger partial charge in [-0.3, -0.25) is 9.36 Å². The average Bonchev–Trinajstić information content (AvgIpc) is 3.04. The first-order chi connectivity index (χ1) is 12.3. The molecule has 1 aromatic rings. The Bertz CT molecular complexity index is 719. The summed E-state index contributed by atoms with van der Waals surface area (Å²) in [4.78, 5) is 27.7. The van der Waals surface area contributed by atoms with Crippen LogP contribution < -0.4 is 11.4 Å². The molecule has 3 rings (SSSR count). The highest BCUT2D eigenvalue weighted by Crippen LogP contribution is 2.42. The fraction of sp³-hybridized carbons (Fsp3) is 0.706. The number of aromatic nitrogens is 2. The van der Waals surface area contributed by atoms with Gasteiger partial charge in [-0.1, -0.05) is 13.3 Å². The van der Waals surface area contributed by atoms with Gasteiger partial charge in [0.1, 0.15) is 30.7 Å². The van der Waals surface area contributed by atoms with Crippen LogP contribution in [0.15, 0.2) is 17.1 Å². The van der Waals surface area contributed by atoms with E-state index in [4.69, 9.17) is 24.7 Å². The maximum atomic E-state index is 12.2. The van der Waals surface area contributed by atoms with Crippen LogP contribution in [0.5, 0.6) is 0 Å². The maximum Gasteiger partial charge on any atom is 0.351 e. The Morgan fingerprint density at radius 1 is 1.38 bits per heavy atom. The lowest BCUT2D eigenvalue weighted by molar-refractivity contribution is -0.203. The number of carbonyl (C=O) groups excluding carboxylic acids is 1. The lowest BCUT2D eigenvalue weighted by Crippen LogP contribution is -2.35. The molecule has 0 amide bonds. The third-order valence-corrected chi connectivity index (χ3v) is 4.39. The average molecular weight is 367 g/mol. The fourth-order valence-corrected chi connectivity index (χ4v) is 3.21. The fourth-order valence-electron chi connectivity index (χ4n) is 3.21. The molecule has 3 heterocycles. The number of anilines is 1. The van der Waals surface area contributed by atoms with Gasteiger partial charge in [0.05, 0.1) is 0 Å². The van der Waals surface area contributed by atoms with Crippen molar-refractivity contribution in [2.75, 3.05) is 12.3 Å². The monoisotopic (exact) mass is 367 g/mol. The lowest BCUT2D eigenvalue weighted by Gasteiger charge is -2.24. The van der Waals surface area contributed by atoms with E-state index < -0.39 is 36.0 Å². The van der Waals surface area contributed by atoms with Gasteiger partial charge in [0.2, 0.25) is 0 Å². The third-order valence-electron chi connectivity index (χ3n) is 4.39. The number of carbonyl (C=O) groups is 1. The number of nitrogens with two attached hydrogens (primary N) is 1. The topological polar surface area (TPSA) is 115 Å². The zero-order valence-corrected chi connectivity index (χ0v) is 15.2. The summed E-state index contributed by atoms with van der Waals surface area (Å²) in [5.74, 6) is -0.974. The van der Waals surface area contributed by atoms with E-state index in [1.54, 1.807) is 13.8 Å². The Hall–Kier alpha value is -1.97. The first-order valence-electron chi connectivity index (χ1n) is 8.82. The van der Waals surface area contributed by atoms with Crippen molar-refractivity contribution < 1.29 is 23.7 Å². The highest BCUT2D eigenvalue weighted by atomic mass is 16.8. The molecule has 2 fully saturated rings. The van der Waals surface area contributed by atoms with Gasteiger partial charge in [-0.15, -0.1) is 0 Å². The number of nitrogens with zero attached hydrogens (tertiary/aromatic N) is 2. The Labute approximate surface area is 151 Å². The Kier molecular flexibility index (Phi) is 5.31. The number of hydrogen-bond donors (Lipinski definition) is 1. The Balaban J connectivity index is 1.75. The number of ether oxygens (including phenoxy) is 4. The van der Waals surface area contributed by atoms with Crippen molar-refractivity contribution in [3.63, 3.8) is 0 Å². The van der Waals surface area contributed by atoms with Gasteiger partial charge in [-0.05, 0) is 26.3 Å². The summed E-state index contributed by atoms with van der Waals surface area (Å²) in [6, 6.07) is 1.51. The molecule has 26 heavy (non-hydrogen) atoms. The molecule has 4 unspecified atom stereocenters. The van der Waals surface area contributed by atoms with Crippen LogP contribution in [0.3, 0.4) is 0 Å². The predicted octanol–water partition coefficient (Wildman–Crippen LogP) is 0.976. The van der Waals surface area contributed by atoms with E-state index in [2.05, 4.69) is 4.98 Å². The number of rotatable bonds is 6. The predicted molar refractivity (Wildman–Crippen MR) is 91.1 cm³/mol. The van der Waals surface area contributed by atoms with E-state index in [0.29, 0.717) is 6.42 Å². The number of esters is 1. The summed E-state index contributed by atoms with van der Waals surface area (Å²) in [5, 5.41) is 0. The lowest BCUT2D eigenvalue weighted by atomic mass is 10.1. The summed E-state index contributed by atoms with van der Waals surface area (Å²) >= 11 is 0. The van der Waals surface area contributed by atoms with Crippen LogP contribution in [0, 0.1) is 0 Å². The zero-order chi connectivity index (χ0) is 18.9. The van der Waals surface area contributed by atoms with Gasteiger partial charge in [-0.25, -0.2) is 4.79 Å². The van der Waals surface area contributed by atoms with Crippen molar-refractivity contribution in [1.82, 2.24) is 9.55 Å². The molecule has 0 radical (unpaired) electrons. The molecule has 0 aliphatic carbocycles. The number of nitrogen functional groups attached to an aromatic ring is 1. The molecule has 9 nitrogen and oxygen atoms in total. The second kappa shape index (κ2) is 7.34. The molecule has 9 heteroatoms. The molecule has 2 aliphatic heterocycles. The zero-order valence-electron chi connectivity index (χ0n) is 15.2. The summed E-state index contributed by atoms with van der Waals surface area (Å²) < 4.78 is 24.4. The maximum absolute atomic E-state index is 12.2. The van der Waals surface area contributed by atoms with Gasteiger partial charge in [0, 0.05) is 12.6 Å². The van der Waals surface area contributed by atoms with Crippen LogP contribution in [0.1, 0.15) is 46.3 Å². The molecule has 0 bridgehead atoms. The minimum absolute atomic E-state index is 0.0385. The minimum atomic E-state index is -0.827. The number of unbranched alkanes of at least 4 members (excludes halogenated alkanes) is 1. The Morgan fingerprint density at radius 2 is 2.12 bits per heavy atom. The summed E-state index contributed by atoms with van der Waals surface area (Å²) in [6.07, 6.45) is 1.31. The molecule has 2 N–H and O–H groups in total. The van der Waals surface area contributed by atoms with Crippen molar-refractivity contribution in [3.8, 4) is 0 Å². The molecular weight excluding hydrogens is 342 g/mol. The summed E-state index contributed by atoms with van der Waals surface area (Å²) in [7, 11) is 0. The molecule has 2 saturated heterocycles. The molecule has 4 atom stereocenters. The molecule has 144 valence electrons. The van der Waals surface area contributed by atoms with Gasteiger partial charge >= 0.3 is 11.7 Å². The van der Waals surface area contributed by atoms with Crippen LogP contribution in [-0.4, -0.2) is 46.2 Å². The summed E-state index contributed by atoms with van der Waals surface area (Å²) in [5.41, 5.74) is 5.01. The SMILES string of the molecule is CCCCC(=O)OCC1OC(n2ccc(N)nc2=O)C2OC(C)(C)OC12. The van der Waals surface area contributed by atoms with E-state index in [1.807, 2.05) is 6.92 Å². The standard InChI is InChI=1S/C17H25N3O6/c1-4-5-6-12(21)23-9-10-13-14(26-17(2,3)25-13)15(24-10)20-8-7-11(18)19-16(20)22/h7-8,10,13-15H,4-6,9H2,1-3H3,(H2,18,19,22). The molecule has 2 aliphatic rings. The van der Waals surface area contributed by atoms with E-state index in [-0.39, 0.29) is 18.4 Å². The molecular formula is C17H25N3O6. The van der Waals surface area contributed by atoms with Gasteiger partial charge < -0.3 is 24.7 Å². The second-order valence-electron chi connectivity index (χ2n) is 6.96. The second-order valence-corrected chi connectivity index (χ2v) is 6.96. The minimum Gasteiger partial charge on any atom is -0.463 e. The normalized spacial score (nSPS) is 29.5. The van der Waals surface area contributed by atoms with E-state index in [0.717, 1.165) is 12.8 Å². The van der Waals surface area contributed by atoms with Crippen molar-refractivity contribution in [2.24, 2.45) is 0 Å². The van der Waals surface area contributed by atoms with Crippen LogP contribution in [0.2, 0.25) is 0 Å². The molecule has 0 aromatic carbocycles. The third kappa shape index (κ3) is 3.89. The number of fused-ring (bicyclic) bond motifs is 1. The van der Waals surface area contributed by atoms with Crippen LogP contribution in [0.4, 0.5) is 5.82 Å². The van der Waals surface area contributed by atoms with Crippen LogP contribution >= 0.6 is 0 Å². The van der Waals surface area contributed by atoms with Crippen molar-refractivity contribution >= 4 is 11.8 Å². The van der Waals surface area contributed by atoms with Gasteiger partial charge in [0.25, 0.3) is 0 Å². The van der Waals surface area contributed by atoms with E-state index in [9.17, 15) is 9.59 Å². The van der Waals surface area contributed by atoms with Crippen molar-refractivity contribution in [1.29, 1.82) is 0 Å². The largest absolute Gasteiger partial charge is 0.463 e. The van der Waals surface area contributed by atoms with Crippen LogP contribution in [-0.2, 0) is 23.7 Å². The van der Waals surface area contributed by atoms with E-state index in [1.165, 1.54) is 16.8 Å². The number of hydrogen-bond acceptors (Lipinski definition) is 8. The van der Waals surface area contributed by atoms with Crippen molar-refractivity contribution in [2.45, 2.75) is 70.4 Å². The highest BCUT2D eigenvalue weighted by molar-refractivity contribution is 5.69. The first-order valence-corrected chi connectivity index (χ1v) is 8.82. The smallest absolute Gasteiger partial charge is 0.351 e. The van der Waals surface area contributed by atoms with Crippen LogP contribution in [0.25, 0.3) is 0 Å². The molecule has 0 saturated carbocycles. The molecule has 1 aromatic heterocycles. The first kappa shape index (κ1) is 18.8. The van der Waals surface area contributed by atoms with Gasteiger partial charge in [0.15, 0.2) is 12.0 Å². The molecule has 0 spiro atoms. The van der Waals surface area contributed by atoms with E-state index >= 15 is 0 Å². The highest BCUT2D eigenvalue weighted by Gasteiger charge is 2.56. The Morgan fingerprint density at radius 3 is 2.81 bits per heavy atom. The quantitative estimate of drug-likeness (QED) is 0.740. The van der Waals surface area contributed by atoms with Gasteiger partial charge in [-0.2, -0.15) is 4.98 Å². The summed E-state index contributed by atoms with van der Waals surface area (Å²) in [6.45, 7) is 5.62. The van der Waals surface area contributed by atoms with Crippen molar-refractivity contribution in [3.05, 3.63) is 22.7 Å².